The molecule has 6 nitrogen and oxygen atoms in total. The number of nitrogen functional groups attached to an aromatic ring is 1. The molecular weight excluding hydrogens is 354 g/mol. The maximum absolute atomic E-state index is 9.91. The summed E-state index contributed by atoms with van der Waals surface area (Å²) in [5.41, 5.74) is 9.43. The van der Waals surface area contributed by atoms with Crippen LogP contribution in [0.1, 0.15) is 42.4 Å². The highest BCUT2D eigenvalue weighted by Crippen LogP contribution is 2.48. The number of aromatic hydroxyl groups is 1. The van der Waals surface area contributed by atoms with Gasteiger partial charge in [0.15, 0.2) is 0 Å². The van der Waals surface area contributed by atoms with Gasteiger partial charge in [0.05, 0.1) is 19.6 Å². The third kappa shape index (κ3) is 3.11. The summed E-state index contributed by atoms with van der Waals surface area (Å²) in [6.45, 7) is 2.95. The van der Waals surface area contributed by atoms with E-state index in [-0.39, 0.29) is 11.7 Å². The maximum atomic E-state index is 9.91. The minimum atomic E-state index is -0.146. The molecule has 0 unspecified atom stereocenters. The number of hydrogen-bond donors (Lipinski definition) is 2. The Morgan fingerprint density at radius 3 is 2.71 bits per heavy atom. The number of phenols is 1. The number of aromatic nitrogens is 2. The lowest BCUT2D eigenvalue weighted by atomic mass is 9.83. The summed E-state index contributed by atoms with van der Waals surface area (Å²) < 4.78 is 13.3. The quantitative estimate of drug-likeness (QED) is 0.517. The van der Waals surface area contributed by atoms with Crippen molar-refractivity contribution in [2.24, 2.45) is 0 Å². The summed E-state index contributed by atoms with van der Waals surface area (Å²) in [5, 5.41) is 9.91. The molecule has 0 bridgehead atoms. The molecule has 3 aromatic rings. The van der Waals surface area contributed by atoms with Crippen molar-refractivity contribution in [1.29, 1.82) is 0 Å². The number of rotatable bonds is 5. The van der Waals surface area contributed by atoms with E-state index in [9.17, 15) is 5.11 Å². The normalized spacial score (nSPS) is 14.7. The topological polar surface area (TPSA) is 81.5 Å². The van der Waals surface area contributed by atoms with Crippen LogP contribution < -0.4 is 19.8 Å². The number of benzene rings is 2. The second kappa shape index (κ2) is 7.38. The van der Waals surface area contributed by atoms with Crippen molar-refractivity contribution < 1.29 is 19.1 Å². The van der Waals surface area contributed by atoms with Gasteiger partial charge in [0.1, 0.15) is 22.8 Å². The summed E-state index contributed by atoms with van der Waals surface area (Å²) >= 11 is 0. The zero-order valence-corrected chi connectivity index (χ0v) is 16.1. The number of hydrogen-bond acceptors (Lipinski definition) is 5. The van der Waals surface area contributed by atoms with Gasteiger partial charge in [-0.15, -0.1) is 0 Å². The Balaban J connectivity index is 1.90. The molecule has 0 aliphatic carbocycles. The Morgan fingerprint density at radius 1 is 1.21 bits per heavy atom. The van der Waals surface area contributed by atoms with Crippen LogP contribution in [0.3, 0.4) is 0 Å². The molecule has 6 heteroatoms. The van der Waals surface area contributed by atoms with E-state index in [2.05, 4.69) is 11.9 Å². The molecule has 2 heterocycles. The van der Waals surface area contributed by atoms with Gasteiger partial charge in [-0.2, -0.15) is 0 Å². The lowest BCUT2D eigenvalue weighted by Crippen LogP contribution is -2.39. The van der Waals surface area contributed by atoms with E-state index in [1.165, 1.54) is 0 Å². The van der Waals surface area contributed by atoms with E-state index in [0.29, 0.717) is 17.4 Å². The van der Waals surface area contributed by atoms with E-state index in [4.69, 9.17) is 15.2 Å². The van der Waals surface area contributed by atoms with Crippen LogP contribution in [-0.4, -0.2) is 17.2 Å². The van der Waals surface area contributed by atoms with Crippen molar-refractivity contribution in [3.05, 3.63) is 65.5 Å². The van der Waals surface area contributed by atoms with Crippen LogP contribution >= 0.6 is 0 Å². The first-order valence-corrected chi connectivity index (χ1v) is 9.45. The zero-order chi connectivity index (χ0) is 19.7. The smallest absolute Gasteiger partial charge is 0.306 e. The number of methoxy groups -OCH3 is 1. The van der Waals surface area contributed by atoms with Gasteiger partial charge in [-0.1, -0.05) is 36.5 Å². The van der Waals surface area contributed by atoms with Crippen LogP contribution in [0.4, 0.5) is 5.82 Å². The number of nitrogens with two attached hydrogens (primary N) is 1. The molecule has 1 atom stereocenters. The molecule has 28 heavy (non-hydrogen) atoms. The average molecular weight is 378 g/mol. The Hall–Kier alpha value is -3.28. The first kappa shape index (κ1) is 18.1. The average Bonchev–Trinajstić information content (AvgIpc) is 2.72. The van der Waals surface area contributed by atoms with Crippen LogP contribution in [0.15, 0.2) is 48.8 Å². The molecule has 0 spiro atoms. The molecule has 1 aliphatic rings. The highest BCUT2D eigenvalue weighted by molar-refractivity contribution is 5.62. The van der Waals surface area contributed by atoms with Gasteiger partial charge >= 0.3 is 5.88 Å². The van der Waals surface area contributed by atoms with Gasteiger partial charge in [-0.05, 0) is 30.2 Å². The van der Waals surface area contributed by atoms with Crippen molar-refractivity contribution in [3.63, 3.8) is 0 Å². The standard InChI is InChI=1S/C22H23N3O3/c1-3-4-11-25-13-24-22-20(21(25)23)19(14-5-8-16(27-2)9-6-14)17-10-7-15(26)12-18(17)28-22/h5-10,12-13,19,23,26H,3-4,11H2,1-2H3/p+1/t19-/m0/s1. The summed E-state index contributed by atoms with van der Waals surface area (Å²) in [6.07, 6.45) is 3.82. The van der Waals surface area contributed by atoms with E-state index in [0.717, 1.165) is 41.8 Å². The second-order valence-electron chi connectivity index (χ2n) is 6.93. The van der Waals surface area contributed by atoms with E-state index < -0.39 is 0 Å². The fourth-order valence-electron chi connectivity index (χ4n) is 3.63. The van der Waals surface area contributed by atoms with Crippen molar-refractivity contribution in [3.8, 4) is 23.1 Å². The molecule has 2 aromatic carbocycles. The summed E-state index contributed by atoms with van der Waals surface area (Å²) in [5.74, 6) is 2.51. The second-order valence-corrected chi connectivity index (χ2v) is 6.93. The Morgan fingerprint density at radius 2 is 2.00 bits per heavy atom. The van der Waals surface area contributed by atoms with Crippen LogP contribution in [0.5, 0.6) is 23.1 Å². The fraction of sp³-hybridized carbons (Fsp3) is 0.273. The minimum Gasteiger partial charge on any atom is -0.508 e. The molecule has 0 saturated heterocycles. The number of ether oxygens (including phenoxy) is 2. The highest BCUT2D eigenvalue weighted by atomic mass is 16.5. The largest absolute Gasteiger partial charge is 0.508 e. The zero-order valence-electron chi connectivity index (χ0n) is 16.1. The molecule has 0 fully saturated rings. The first-order chi connectivity index (χ1) is 13.6. The summed E-state index contributed by atoms with van der Waals surface area (Å²) in [6, 6.07) is 13.1. The molecule has 0 saturated carbocycles. The van der Waals surface area contributed by atoms with Crippen molar-refractivity contribution in [2.45, 2.75) is 32.2 Å². The van der Waals surface area contributed by atoms with E-state index in [1.54, 1.807) is 25.6 Å². The van der Waals surface area contributed by atoms with Gasteiger partial charge in [0, 0.05) is 11.6 Å². The molecule has 4 rings (SSSR count). The van der Waals surface area contributed by atoms with Crippen LogP contribution in [0.25, 0.3) is 0 Å². The molecule has 1 aromatic heterocycles. The molecule has 0 radical (unpaired) electrons. The maximum Gasteiger partial charge on any atom is 0.306 e. The SMILES string of the molecule is CCCC[n+]1cnc2c(c1N)[C@@H](c1ccc(OC)cc1)c1ccc(O)cc1O2. The molecule has 144 valence electrons. The Bertz CT molecular complexity index is 1000. The van der Waals surface area contributed by atoms with Gasteiger partial charge in [-0.25, -0.2) is 4.57 Å². The van der Waals surface area contributed by atoms with Crippen molar-refractivity contribution >= 4 is 5.82 Å². The fourth-order valence-corrected chi connectivity index (χ4v) is 3.63. The minimum absolute atomic E-state index is 0.146. The number of fused-ring (bicyclic) bond motifs is 2. The van der Waals surface area contributed by atoms with Crippen LogP contribution in [0.2, 0.25) is 0 Å². The molecule has 3 N–H and O–H groups in total. The number of aryl methyl sites for hydroxylation is 1. The van der Waals surface area contributed by atoms with E-state index in [1.807, 2.05) is 34.9 Å². The third-order valence-electron chi connectivity index (χ3n) is 5.14. The Kier molecular flexibility index (Phi) is 4.77. The number of nitrogens with zero attached hydrogens (tertiary/aromatic N) is 2. The molecule has 1 aliphatic heterocycles. The molecule has 0 amide bonds. The highest BCUT2D eigenvalue weighted by Gasteiger charge is 2.36. The van der Waals surface area contributed by atoms with Crippen LogP contribution in [0, 0.1) is 0 Å². The summed E-state index contributed by atoms with van der Waals surface area (Å²) in [4.78, 5) is 4.53. The van der Waals surface area contributed by atoms with Crippen LogP contribution in [-0.2, 0) is 6.54 Å². The molecular formula is C22H24N3O3+. The number of anilines is 1. The van der Waals surface area contributed by atoms with Crippen molar-refractivity contribution in [2.75, 3.05) is 12.8 Å². The van der Waals surface area contributed by atoms with Crippen molar-refractivity contribution in [1.82, 2.24) is 4.98 Å². The first-order valence-electron chi connectivity index (χ1n) is 9.45. The monoisotopic (exact) mass is 378 g/mol. The predicted octanol–water partition coefficient (Wildman–Crippen LogP) is 3.75. The third-order valence-corrected chi connectivity index (χ3v) is 5.14. The van der Waals surface area contributed by atoms with Gasteiger partial charge < -0.3 is 20.3 Å². The lowest BCUT2D eigenvalue weighted by Gasteiger charge is -2.27. The Labute approximate surface area is 164 Å². The lowest BCUT2D eigenvalue weighted by molar-refractivity contribution is -0.686. The number of phenolic OH excluding ortho intramolecular Hbond substituents is 1. The number of unbranched alkanes of at least 4 members (excludes halogenated alkanes) is 1. The van der Waals surface area contributed by atoms with Gasteiger partial charge in [0.2, 0.25) is 12.1 Å². The van der Waals surface area contributed by atoms with Gasteiger partial charge in [-0.3, -0.25) is 0 Å². The predicted molar refractivity (Wildman–Crippen MR) is 106 cm³/mol. The summed E-state index contributed by atoms with van der Waals surface area (Å²) in [7, 11) is 1.65. The van der Waals surface area contributed by atoms with Gasteiger partial charge in [0.25, 0.3) is 0 Å². The van der Waals surface area contributed by atoms with E-state index >= 15 is 0 Å².